The lowest BCUT2D eigenvalue weighted by Gasteiger charge is -2.45. The highest BCUT2D eigenvalue weighted by molar-refractivity contribution is 6.42. The minimum Gasteiger partial charge on any atom is -0.393 e. The summed E-state index contributed by atoms with van der Waals surface area (Å²) in [6, 6.07) is 6.12. The van der Waals surface area contributed by atoms with Crippen molar-refractivity contribution in [3.8, 4) is 0 Å². The van der Waals surface area contributed by atoms with Gasteiger partial charge in [-0.15, -0.1) is 0 Å². The molecule has 1 N–H and O–H groups in total. The van der Waals surface area contributed by atoms with E-state index in [9.17, 15) is 5.11 Å². The zero-order valence-corrected chi connectivity index (χ0v) is 14.6. The van der Waals surface area contributed by atoms with Gasteiger partial charge in [-0.2, -0.15) is 0 Å². The first-order chi connectivity index (χ1) is 10.0. The monoisotopic (exact) mass is 328 g/mol. The number of hydrogen-bond donors (Lipinski definition) is 1. The van der Waals surface area contributed by atoms with E-state index in [-0.39, 0.29) is 11.5 Å². The van der Waals surface area contributed by atoms with Crippen molar-refractivity contribution >= 4 is 23.2 Å². The fourth-order valence-electron chi connectivity index (χ4n) is 4.08. The molecule has 1 nitrogen and oxygen atoms in total. The molecule has 1 aliphatic carbocycles. The molecule has 3 heteroatoms. The molecular weight excluding hydrogens is 303 g/mol. The van der Waals surface area contributed by atoms with Crippen LogP contribution in [0.2, 0.25) is 10.0 Å². The van der Waals surface area contributed by atoms with E-state index >= 15 is 0 Å². The van der Waals surface area contributed by atoms with Crippen LogP contribution in [-0.2, 0) is 5.41 Å². The van der Waals surface area contributed by atoms with Crippen molar-refractivity contribution in [1.29, 1.82) is 0 Å². The van der Waals surface area contributed by atoms with Crippen molar-refractivity contribution in [1.82, 2.24) is 0 Å². The lowest BCUT2D eigenvalue weighted by molar-refractivity contribution is 0.0668. The third kappa shape index (κ3) is 3.57. The summed E-state index contributed by atoms with van der Waals surface area (Å²) >= 11 is 12.4. The van der Waals surface area contributed by atoms with Gasteiger partial charge >= 0.3 is 0 Å². The lowest BCUT2D eigenvalue weighted by Crippen LogP contribution is -2.40. The van der Waals surface area contributed by atoms with E-state index in [0.717, 1.165) is 25.7 Å². The quantitative estimate of drug-likeness (QED) is 0.703. The molecule has 0 spiro atoms. The summed E-state index contributed by atoms with van der Waals surface area (Å²) in [6.45, 7) is 4.54. The second-order valence-corrected chi connectivity index (χ2v) is 7.22. The van der Waals surface area contributed by atoms with Crippen LogP contribution in [0.1, 0.15) is 64.4 Å². The first kappa shape index (κ1) is 17.1. The Bertz CT molecular complexity index is 464. The maximum atomic E-state index is 9.92. The molecule has 1 atom stereocenters. The molecule has 0 aromatic heterocycles. The highest BCUT2D eigenvalue weighted by Gasteiger charge is 2.41. The Hall–Kier alpha value is -0.240. The third-order valence-corrected chi connectivity index (χ3v) is 5.99. The summed E-state index contributed by atoms with van der Waals surface area (Å²) in [5.41, 5.74) is 1.46. The molecule has 1 unspecified atom stereocenters. The van der Waals surface area contributed by atoms with Crippen LogP contribution in [0.25, 0.3) is 0 Å². The standard InChI is InChI=1S/C18H26Cl2O/c1-3-5-13(4-2)18(10-8-15(21)9-11-18)14-6-7-16(19)17(20)12-14/h6-7,12-13,15,21H,3-5,8-11H2,1-2H3. The maximum absolute atomic E-state index is 9.92. The van der Waals surface area contributed by atoms with E-state index in [1.165, 1.54) is 24.8 Å². The van der Waals surface area contributed by atoms with Crippen LogP contribution in [0.15, 0.2) is 18.2 Å². The van der Waals surface area contributed by atoms with E-state index in [1.807, 2.05) is 6.07 Å². The minimum atomic E-state index is -0.139. The highest BCUT2D eigenvalue weighted by Crippen LogP contribution is 2.49. The zero-order valence-electron chi connectivity index (χ0n) is 13.0. The summed E-state index contributed by atoms with van der Waals surface area (Å²) in [6.07, 6.45) is 7.33. The van der Waals surface area contributed by atoms with Crippen LogP contribution in [0, 0.1) is 5.92 Å². The SMILES string of the molecule is CCCC(CC)C1(c2ccc(Cl)c(Cl)c2)CCC(O)CC1. The molecule has 2 rings (SSSR count). The largest absolute Gasteiger partial charge is 0.393 e. The van der Waals surface area contributed by atoms with Crippen molar-refractivity contribution < 1.29 is 5.11 Å². The Morgan fingerprint density at radius 1 is 1.19 bits per heavy atom. The number of aliphatic hydroxyl groups excluding tert-OH is 1. The van der Waals surface area contributed by atoms with E-state index in [4.69, 9.17) is 23.2 Å². The van der Waals surface area contributed by atoms with Crippen LogP contribution in [0.3, 0.4) is 0 Å². The van der Waals surface area contributed by atoms with Gasteiger partial charge in [0, 0.05) is 0 Å². The number of rotatable bonds is 5. The number of benzene rings is 1. The average Bonchev–Trinajstić information content (AvgIpc) is 2.49. The van der Waals surface area contributed by atoms with Gasteiger partial charge in [0.1, 0.15) is 0 Å². The van der Waals surface area contributed by atoms with Gasteiger partial charge in [-0.3, -0.25) is 0 Å². The van der Waals surface area contributed by atoms with E-state index in [1.54, 1.807) is 0 Å². The van der Waals surface area contributed by atoms with E-state index in [0.29, 0.717) is 16.0 Å². The number of halogens is 2. The van der Waals surface area contributed by atoms with Crippen molar-refractivity contribution in [2.24, 2.45) is 5.92 Å². The Balaban J connectivity index is 2.41. The molecule has 1 aromatic carbocycles. The molecule has 0 amide bonds. The molecule has 21 heavy (non-hydrogen) atoms. The first-order valence-corrected chi connectivity index (χ1v) is 8.92. The molecule has 1 fully saturated rings. The molecule has 1 aromatic rings. The Morgan fingerprint density at radius 2 is 1.86 bits per heavy atom. The number of hydrogen-bond acceptors (Lipinski definition) is 1. The van der Waals surface area contributed by atoms with Crippen LogP contribution in [0.5, 0.6) is 0 Å². The minimum absolute atomic E-state index is 0.139. The molecule has 0 radical (unpaired) electrons. The van der Waals surface area contributed by atoms with Crippen LogP contribution < -0.4 is 0 Å². The van der Waals surface area contributed by atoms with Gasteiger partial charge in [-0.05, 0) is 61.1 Å². The molecule has 1 saturated carbocycles. The summed E-state index contributed by atoms with van der Waals surface area (Å²) in [5.74, 6) is 0.646. The second kappa shape index (κ2) is 7.35. The van der Waals surface area contributed by atoms with Crippen molar-refractivity contribution in [3.63, 3.8) is 0 Å². The molecule has 0 bridgehead atoms. The predicted octanol–water partition coefficient (Wildman–Crippen LogP) is 5.99. The highest BCUT2D eigenvalue weighted by atomic mass is 35.5. The molecule has 0 saturated heterocycles. The van der Waals surface area contributed by atoms with Crippen LogP contribution in [-0.4, -0.2) is 11.2 Å². The Kier molecular flexibility index (Phi) is 5.99. The molecule has 0 heterocycles. The van der Waals surface area contributed by atoms with Gasteiger partial charge < -0.3 is 5.11 Å². The molecular formula is C18H26Cl2O. The lowest BCUT2D eigenvalue weighted by atomic mass is 9.60. The van der Waals surface area contributed by atoms with Crippen molar-refractivity contribution in [2.75, 3.05) is 0 Å². The summed E-state index contributed by atoms with van der Waals surface area (Å²) in [4.78, 5) is 0. The Labute approximate surface area is 138 Å². The first-order valence-electron chi connectivity index (χ1n) is 8.17. The third-order valence-electron chi connectivity index (χ3n) is 5.25. The maximum Gasteiger partial charge on any atom is 0.0595 e. The average molecular weight is 329 g/mol. The fraction of sp³-hybridized carbons (Fsp3) is 0.667. The predicted molar refractivity (Wildman–Crippen MR) is 91.3 cm³/mol. The van der Waals surface area contributed by atoms with Gasteiger partial charge in [-0.1, -0.05) is 56.0 Å². The van der Waals surface area contributed by atoms with Gasteiger partial charge in [0.05, 0.1) is 16.1 Å². The fourth-order valence-corrected chi connectivity index (χ4v) is 4.37. The van der Waals surface area contributed by atoms with Crippen molar-refractivity contribution in [2.45, 2.75) is 70.3 Å². The number of aliphatic hydroxyl groups is 1. The van der Waals surface area contributed by atoms with Crippen molar-refractivity contribution in [3.05, 3.63) is 33.8 Å². The molecule has 0 aliphatic heterocycles. The second-order valence-electron chi connectivity index (χ2n) is 6.41. The Morgan fingerprint density at radius 3 is 2.38 bits per heavy atom. The smallest absolute Gasteiger partial charge is 0.0595 e. The van der Waals surface area contributed by atoms with E-state index < -0.39 is 0 Å². The summed E-state index contributed by atoms with van der Waals surface area (Å²) < 4.78 is 0. The molecule has 1 aliphatic rings. The van der Waals surface area contributed by atoms with Crippen LogP contribution >= 0.6 is 23.2 Å². The van der Waals surface area contributed by atoms with E-state index in [2.05, 4.69) is 26.0 Å². The molecule has 118 valence electrons. The summed E-state index contributed by atoms with van der Waals surface area (Å²) in [5, 5.41) is 11.2. The topological polar surface area (TPSA) is 20.2 Å². The zero-order chi connectivity index (χ0) is 15.5. The van der Waals surface area contributed by atoms with Gasteiger partial charge in [-0.25, -0.2) is 0 Å². The van der Waals surface area contributed by atoms with Crippen LogP contribution in [0.4, 0.5) is 0 Å². The normalized spacial score (nSPS) is 27.6. The summed E-state index contributed by atoms with van der Waals surface area (Å²) in [7, 11) is 0. The van der Waals surface area contributed by atoms with Gasteiger partial charge in [0.2, 0.25) is 0 Å². The van der Waals surface area contributed by atoms with Gasteiger partial charge in [0.15, 0.2) is 0 Å². The van der Waals surface area contributed by atoms with Gasteiger partial charge in [0.25, 0.3) is 0 Å².